The van der Waals surface area contributed by atoms with Gasteiger partial charge in [0.25, 0.3) is 0 Å². The Morgan fingerprint density at radius 3 is 2.38 bits per heavy atom. The maximum Gasteiger partial charge on any atom is 0.243 e. The first-order valence-corrected chi connectivity index (χ1v) is 12.7. The number of carbonyl (C=O) groups is 1. The van der Waals surface area contributed by atoms with Crippen LogP contribution in [0, 0.1) is 5.92 Å². The second-order valence-electron chi connectivity index (χ2n) is 8.21. The van der Waals surface area contributed by atoms with Crippen LogP contribution in [0.1, 0.15) is 18.4 Å². The number of likely N-dealkylation sites (tertiary alicyclic amines) is 1. The van der Waals surface area contributed by atoms with Crippen molar-refractivity contribution in [3.8, 4) is 0 Å². The molecule has 0 unspecified atom stereocenters. The number of piperidine rings is 1. The van der Waals surface area contributed by atoms with Crippen molar-refractivity contribution in [1.29, 1.82) is 0 Å². The van der Waals surface area contributed by atoms with E-state index >= 15 is 0 Å². The predicted octanol–water partition coefficient (Wildman–Crippen LogP) is 3.21. The maximum absolute atomic E-state index is 12.7. The van der Waals surface area contributed by atoms with Gasteiger partial charge in [-0.15, -0.1) is 0 Å². The highest BCUT2D eigenvalue weighted by atomic mass is 35.5. The first-order chi connectivity index (χ1) is 15.4. The second kappa shape index (κ2) is 10.3. The van der Waals surface area contributed by atoms with Gasteiger partial charge in [0.15, 0.2) is 0 Å². The first-order valence-electron chi connectivity index (χ1n) is 10.9. The van der Waals surface area contributed by atoms with E-state index in [0.717, 1.165) is 37.5 Å². The van der Waals surface area contributed by atoms with Crippen molar-refractivity contribution in [2.75, 3.05) is 44.7 Å². The summed E-state index contributed by atoms with van der Waals surface area (Å²) in [5.74, 6) is -0.0708. The third-order valence-electron chi connectivity index (χ3n) is 5.98. The summed E-state index contributed by atoms with van der Waals surface area (Å²) in [4.78, 5) is 15.3. The maximum atomic E-state index is 12.7. The van der Waals surface area contributed by atoms with Crippen molar-refractivity contribution in [3.05, 3.63) is 59.1 Å². The van der Waals surface area contributed by atoms with Gasteiger partial charge in [0.05, 0.1) is 18.1 Å². The molecule has 7 nitrogen and oxygen atoms in total. The lowest BCUT2D eigenvalue weighted by Crippen LogP contribution is -2.40. The molecule has 0 saturated carbocycles. The van der Waals surface area contributed by atoms with Gasteiger partial charge in [-0.2, -0.15) is 4.31 Å². The summed E-state index contributed by atoms with van der Waals surface area (Å²) in [6.45, 7) is 4.06. The lowest BCUT2D eigenvalue weighted by molar-refractivity contribution is -0.121. The Labute approximate surface area is 194 Å². The van der Waals surface area contributed by atoms with Crippen molar-refractivity contribution in [2.45, 2.75) is 24.3 Å². The van der Waals surface area contributed by atoms with E-state index in [0.29, 0.717) is 32.0 Å². The molecule has 0 bridgehead atoms. The van der Waals surface area contributed by atoms with E-state index < -0.39 is 10.0 Å². The monoisotopic (exact) mass is 477 g/mol. The first kappa shape index (κ1) is 23.2. The van der Waals surface area contributed by atoms with Gasteiger partial charge in [0.2, 0.25) is 15.9 Å². The highest BCUT2D eigenvalue weighted by molar-refractivity contribution is 7.89. The molecule has 9 heteroatoms. The number of rotatable bonds is 6. The van der Waals surface area contributed by atoms with Crippen molar-refractivity contribution < 1.29 is 17.9 Å². The Kier molecular flexibility index (Phi) is 7.48. The van der Waals surface area contributed by atoms with Crippen LogP contribution in [0.25, 0.3) is 0 Å². The second-order valence-corrected chi connectivity index (χ2v) is 10.6. The van der Waals surface area contributed by atoms with E-state index in [2.05, 4.69) is 16.3 Å². The van der Waals surface area contributed by atoms with E-state index in [-0.39, 0.29) is 16.7 Å². The molecule has 2 fully saturated rings. The number of benzene rings is 2. The van der Waals surface area contributed by atoms with E-state index in [1.54, 1.807) is 24.3 Å². The summed E-state index contributed by atoms with van der Waals surface area (Å²) in [5.41, 5.74) is 1.78. The predicted molar refractivity (Wildman–Crippen MR) is 124 cm³/mol. The molecule has 0 radical (unpaired) electrons. The van der Waals surface area contributed by atoms with E-state index in [1.807, 2.05) is 18.2 Å². The summed E-state index contributed by atoms with van der Waals surface area (Å²) in [6.07, 6.45) is 1.58. The summed E-state index contributed by atoms with van der Waals surface area (Å²) < 4.78 is 32.1. The molecule has 32 heavy (non-hydrogen) atoms. The van der Waals surface area contributed by atoms with Gasteiger partial charge < -0.3 is 10.1 Å². The van der Waals surface area contributed by atoms with E-state index in [4.69, 9.17) is 16.3 Å². The fourth-order valence-corrected chi connectivity index (χ4v) is 5.76. The molecule has 2 aliphatic heterocycles. The van der Waals surface area contributed by atoms with Crippen LogP contribution >= 0.6 is 11.6 Å². The van der Waals surface area contributed by atoms with Gasteiger partial charge in [-0.1, -0.05) is 23.7 Å². The number of hydrogen-bond donors (Lipinski definition) is 1. The molecule has 0 spiro atoms. The van der Waals surface area contributed by atoms with Crippen LogP contribution in [-0.4, -0.2) is 62.9 Å². The molecular weight excluding hydrogens is 450 g/mol. The Morgan fingerprint density at radius 1 is 1.03 bits per heavy atom. The normalized spacial score (nSPS) is 19.0. The Bertz CT molecular complexity index is 1030. The molecule has 2 heterocycles. The van der Waals surface area contributed by atoms with Gasteiger partial charge in [-0.3, -0.25) is 9.69 Å². The highest BCUT2D eigenvalue weighted by Crippen LogP contribution is 2.23. The highest BCUT2D eigenvalue weighted by Gasteiger charge is 2.27. The van der Waals surface area contributed by atoms with Crippen molar-refractivity contribution in [1.82, 2.24) is 9.21 Å². The summed E-state index contributed by atoms with van der Waals surface area (Å²) in [5, 5.41) is 3.68. The van der Waals surface area contributed by atoms with Crippen molar-refractivity contribution in [2.24, 2.45) is 5.92 Å². The number of anilines is 1. The number of carbonyl (C=O) groups excluding carboxylic acids is 1. The van der Waals surface area contributed by atoms with Crippen molar-refractivity contribution >= 4 is 33.2 Å². The fourth-order valence-electron chi connectivity index (χ4n) is 4.14. The lowest BCUT2D eigenvalue weighted by Gasteiger charge is -2.31. The van der Waals surface area contributed by atoms with Crippen LogP contribution in [0.2, 0.25) is 5.02 Å². The van der Waals surface area contributed by atoms with Gasteiger partial charge in [0.1, 0.15) is 0 Å². The van der Waals surface area contributed by atoms with Crippen LogP contribution in [0.3, 0.4) is 0 Å². The van der Waals surface area contributed by atoms with Gasteiger partial charge in [-0.05, 0) is 67.9 Å². The minimum Gasteiger partial charge on any atom is -0.379 e. The number of halogens is 1. The molecule has 2 saturated heterocycles. The third-order valence-corrected chi connectivity index (χ3v) is 8.13. The van der Waals surface area contributed by atoms with Crippen molar-refractivity contribution in [3.63, 3.8) is 0 Å². The Hall–Kier alpha value is -1.97. The summed E-state index contributed by atoms with van der Waals surface area (Å²) >= 11 is 6.07. The van der Waals surface area contributed by atoms with Gasteiger partial charge in [0, 0.05) is 36.3 Å². The average molecular weight is 478 g/mol. The third kappa shape index (κ3) is 5.68. The molecule has 172 valence electrons. The minimum absolute atomic E-state index is 0.0174. The molecule has 2 aromatic carbocycles. The summed E-state index contributed by atoms with van der Waals surface area (Å²) in [7, 11) is -3.54. The standard InChI is InChI=1S/C23H28ClN3O4S/c24-20-3-1-2-18(16-20)17-26-10-8-19(9-11-26)23(28)25-21-4-6-22(7-5-21)32(29,30)27-12-14-31-15-13-27/h1-7,16,19H,8-15,17H2,(H,25,28). The Morgan fingerprint density at radius 2 is 1.72 bits per heavy atom. The van der Waals surface area contributed by atoms with Crippen LogP contribution in [0.15, 0.2) is 53.4 Å². The van der Waals surface area contributed by atoms with Crippen LogP contribution < -0.4 is 5.32 Å². The number of hydrogen-bond acceptors (Lipinski definition) is 5. The molecule has 2 aromatic rings. The quantitative estimate of drug-likeness (QED) is 0.691. The van der Waals surface area contributed by atoms with Gasteiger partial charge >= 0.3 is 0 Å². The molecule has 4 rings (SSSR count). The van der Waals surface area contributed by atoms with Gasteiger partial charge in [-0.25, -0.2) is 8.42 Å². The molecule has 2 aliphatic rings. The molecule has 0 atom stereocenters. The topological polar surface area (TPSA) is 79.0 Å². The zero-order valence-corrected chi connectivity index (χ0v) is 19.4. The number of nitrogens with zero attached hydrogens (tertiary/aromatic N) is 2. The molecule has 0 aromatic heterocycles. The molecule has 1 N–H and O–H groups in total. The number of morpholine rings is 1. The SMILES string of the molecule is O=C(Nc1ccc(S(=O)(=O)N2CCOCC2)cc1)C1CCN(Cc2cccc(Cl)c2)CC1. The number of amides is 1. The average Bonchev–Trinajstić information content (AvgIpc) is 2.80. The number of sulfonamides is 1. The van der Waals surface area contributed by atoms with Crippen LogP contribution in [-0.2, 0) is 26.1 Å². The summed E-state index contributed by atoms with van der Waals surface area (Å²) in [6, 6.07) is 14.3. The molecule has 0 aliphatic carbocycles. The van der Waals surface area contributed by atoms with Crippen LogP contribution in [0.5, 0.6) is 0 Å². The minimum atomic E-state index is -3.54. The molecular formula is C23H28ClN3O4S. The zero-order valence-electron chi connectivity index (χ0n) is 17.9. The molecule has 1 amide bonds. The zero-order chi connectivity index (χ0) is 22.6. The number of ether oxygens (including phenoxy) is 1. The lowest BCUT2D eigenvalue weighted by atomic mass is 9.95. The Balaban J connectivity index is 1.29. The smallest absolute Gasteiger partial charge is 0.243 e. The van der Waals surface area contributed by atoms with E-state index in [9.17, 15) is 13.2 Å². The van der Waals surface area contributed by atoms with E-state index in [1.165, 1.54) is 9.87 Å². The van der Waals surface area contributed by atoms with Crippen LogP contribution in [0.4, 0.5) is 5.69 Å². The largest absolute Gasteiger partial charge is 0.379 e. The fraction of sp³-hybridized carbons (Fsp3) is 0.435. The number of nitrogens with one attached hydrogen (secondary N) is 1.